The van der Waals surface area contributed by atoms with Crippen molar-refractivity contribution in [2.45, 2.75) is 46.0 Å². The van der Waals surface area contributed by atoms with Crippen LogP contribution in [0.5, 0.6) is 0 Å². The molecular formula is C12H20. The van der Waals surface area contributed by atoms with Crippen LogP contribution in [0.1, 0.15) is 46.0 Å². The van der Waals surface area contributed by atoms with Crippen LogP contribution in [0.3, 0.4) is 0 Å². The molecule has 0 aliphatic heterocycles. The second kappa shape index (κ2) is 2.08. The van der Waals surface area contributed by atoms with Crippen molar-refractivity contribution in [3.05, 3.63) is 0 Å². The SMILES string of the molecule is CCC(C)C1CC23CCC(C2)C13. The summed E-state index contributed by atoms with van der Waals surface area (Å²) in [5, 5.41) is 0. The molecule has 4 fully saturated rings. The van der Waals surface area contributed by atoms with Crippen LogP contribution in [0, 0.1) is 29.1 Å². The summed E-state index contributed by atoms with van der Waals surface area (Å²) in [5.41, 5.74) is 0.929. The molecule has 0 aromatic heterocycles. The molecule has 68 valence electrons. The zero-order valence-corrected chi connectivity index (χ0v) is 8.34. The van der Waals surface area contributed by atoms with Crippen LogP contribution in [-0.2, 0) is 0 Å². The van der Waals surface area contributed by atoms with Crippen LogP contribution in [0.4, 0.5) is 0 Å². The van der Waals surface area contributed by atoms with Crippen molar-refractivity contribution in [2.24, 2.45) is 29.1 Å². The molecule has 0 amide bonds. The Balaban J connectivity index is 1.74. The Morgan fingerprint density at radius 3 is 2.83 bits per heavy atom. The van der Waals surface area contributed by atoms with E-state index in [2.05, 4.69) is 13.8 Å². The van der Waals surface area contributed by atoms with Crippen LogP contribution in [0.25, 0.3) is 0 Å². The Morgan fingerprint density at radius 2 is 2.25 bits per heavy atom. The van der Waals surface area contributed by atoms with Gasteiger partial charge in [-0.2, -0.15) is 0 Å². The maximum Gasteiger partial charge on any atom is -0.0258 e. The highest BCUT2D eigenvalue weighted by Crippen LogP contribution is 2.76. The van der Waals surface area contributed by atoms with Crippen LogP contribution in [-0.4, -0.2) is 0 Å². The Morgan fingerprint density at radius 1 is 1.42 bits per heavy atom. The first kappa shape index (κ1) is 7.41. The highest BCUT2D eigenvalue weighted by atomic mass is 14.7. The third kappa shape index (κ3) is 0.625. The average molecular weight is 164 g/mol. The predicted octanol–water partition coefficient (Wildman–Crippen LogP) is 3.47. The van der Waals surface area contributed by atoms with E-state index in [1.165, 1.54) is 18.3 Å². The first-order valence-corrected chi connectivity index (χ1v) is 5.77. The van der Waals surface area contributed by atoms with Crippen LogP contribution < -0.4 is 0 Å². The first-order chi connectivity index (χ1) is 5.77. The van der Waals surface area contributed by atoms with Crippen LogP contribution >= 0.6 is 0 Å². The van der Waals surface area contributed by atoms with Gasteiger partial charge < -0.3 is 0 Å². The Labute approximate surface area is 75.7 Å². The molecule has 12 heavy (non-hydrogen) atoms. The van der Waals surface area contributed by atoms with E-state index in [9.17, 15) is 0 Å². The summed E-state index contributed by atoms with van der Waals surface area (Å²) >= 11 is 0. The van der Waals surface area contributed by atoms with Gasteiger partial charge in [0.25, 0.3) is 0 Å². The fraction of sp³-hybridized carbons (Fsp3) is 1.00. The number of hydrogen-bond donors (Lipinski definition) is 0. The lowest BCUT2D eigenvalue weighted by Crippen LogP contribution is -2.57. The van der Waals surface area contributed by atoms with E-state index >= 15 is 0 Å². The highest BCUT2D eigenvalue weighted by Gasteiger charge is 2.68. The summed E-state index contributed by atoms with van der Waals surface area (Å²) in [6.45, 7) is 4.82. The summed E-state index contributed by atoms with van der Waals surface area (Å²) in [7, 11) is 0. The molecule has 0 aromatic rings. The molecule has 5 atom stereocenters. The number of fused-ring (bicyclic) bond motifs is 1. The second-order valence-corrected chi connectivity index (χ2v) is 5.64. The molecule has 5 unspecified atom stereocenters. The van der Waals surface area contributed by atoms with E-state index in [0.29, 0.717) is 0 Å². The molecule has 0 saturated heterocycles. The first-order valence-electron chi connectivity index (χ1n) is 5.77. The molecule has 2 bridgehead atoms. The summed E-state index contributed by atoms with van der Waals surface area (Å²) in [6.07, 6.45) is 7.80. The molecule has 0 heterocycles. The smallest absolute Gasteiger partial charge is 0.0258 e. The fourth-order valence-electron chi connectivity index (χ4n) is 4.57. The summed E-state index contributed by atoms with van der Waals surface area (Å²) < 4.78 is 0. The minimum atomic E-state index is 0.929. The minimum Gasteiger partial charge on any atom is -0.0651 e. The molecule has 0 N–H and O–H groups in total. The van der Waals surface area contributed by atoms with E-state index in [-0.39, 0.29) is 0 Å². The molecule has 4 rings (SSSR count). The van der Waals surface area contributed by atoms with Crippen molar-refractivity contribution >= 4 is 0 Å². The van der Waals surface area contributed by atoms with E-state index in [4.69, 9.17) is 0 Å². The van der Waals surface area contributed by atoms with Gasteiger partial charge in [0.05, 0.1) is 0 Å². The normalized spacial score (nSPS) is 57.0. The van der Waals surface area contributed by atoms with Crippen LogP contribution in [0.15, 0.2) is 0 Å². The topological polar surface area (TPSA) is 0 Å². The van der Waals surface area contributed by atoms with E-state index < -0.39 is 0 Å². The van der Waals surface area contributed by atoms with Crippen molar-refractivity contribution < 1.29 is 0 Å². The van der Waals surface area contributed by atoms with Gasteiger partial charge in [-0.25, -0.2) is 0 Å². The van der Waals surface area contributed by atoms with Crippen molar-refractivity contribution in [2.75, 3.05) is 0 Å². The fourth-order valence-corrected chi connectivity index (χ4v) is 4.57. The zero-order valence-electron chi connectivity index (χ0n) is 8.34. The van der Waals surface area contributed by atoms with Gasteiger partial charge in [-0.1, -0.05) is 20.3 Å². The van der Waals surface area contributed by atoms with Gasteiger partial charge >= 0.3 is 0 Å². The van der Waals surface area contributed by atoms with Crippen molar-refractivity contribution in [3.63, 3.8) is 0 Å². The van der Waals surface area contributed by atoms with Crippen molar-refractivity contribution in [3.8, 4) is 0 Å². The van der Waals surface area contributed by atoms with E-state index in [1.54, 1.807) is 25.7 Å². The third-order valence-electron chi connectivity index (χ3n) is 5.38. The maximum atomic E-state index is 2.47. The van der Waals surface area contributed by atoms with Gasteiger partial charge in [0.2, 0.25) is 0 Å². The minimum absolute atomic E-state index is 0.929. The van der Waals surface area contributed by atoms with Crippen molar-refractivity contribution in [1.82, 2.24) is 0 Å². The largest absolute Gasteiger partial charge is 0.0651 e. The molecule has 0 nitrogen and oxygen atoms in total. The molecule has 1 spiro atoms. The second-order valence-electron chi connectivity index (χ2n) is 5.64. The molecule has 4 aliphatic rings. The Bertz CT molecular complexity index is 204. The standard InChI is InChI=1S/C12H20/c1-3-8(2)10-7-12-5-4-9(6-12)11(10)12/h8-11H,3-7H2,1-2H3. The predicted molar refractivity (Wildman–Crippen MR) is 50.8 cm³/mol. The average Bonchev–Trinajstić information content (AvgIpc) is 2.56. The molecule has 4 saturated carbocycles. The van der Waals surface area contributed by atoms with Gasteiger partial charge in [-0.15, -0.1) is 0 Å². The van der Waals surface area contributed by atoms with Gasteiger partial charge in [0, 0.05) is 0 Å². The van der Waals surface area contributed by atoms with Crippen molar-refractivity contribution in [1.29, 1.82) is 0 Å². The lowest BCUT2D eigenvalue weighted by molar-refractivity contribution is -0.152. The summed E-state index contributed by atoms with van der Waals surface area (Å²) in [5.74, 6) is 4.53. The Kier molecular flexibility index (Phi) is 1.28. The quantitative estimate of drug-likeness (QED) is 0.586. The van der Waals surface area contributed by atoms with Crippen LogP contribution in [0.2, 0.25) is 0 Å². The Hall–Kier alpha value is 0. The lowest BCUT2D eigenvalue weighted by atomic mass is 9.41. The summed E-state index contributed by atoms with van der Waals surface area (Å²) in [6, 6.07) is 0. The maximum absolute atomic E-state index is 2.47. The van der Waals surface area contributed by atoms with Gasteiger partial charge in [0.1, 0.15) is 0 Å². The summed E-state index contributed by atoms with van der Waals surface area (Å²) in [4.78, 5) is 0. The monoisotopic (exact) mass is 164 g/mol. The number of rotatable bonds is 2. The molecule has 0 heteroatoms. The molecule has 0 radical (unpaired) electrons. The molecule has 0 aromatic carbocycles. The van der Waals surface area contributed by atoms with E-state index in [1.807, 2.05) is 0 Å². The van der Waals surface area contributed by atoms with E-state index in [0.717, 1.165) is 17.3 Å². The van der Waals surface area contributed by atoms with Gasteiger partial charge in [0.15, 0.2) is 0 Å². The van der Waals surface area contributed by atoms with Gasteiger partial charge in [-0.3, -0.25) is 0 Å². The highest BCUT2D eigenvalue weighted by molar-refractivity contribution is 5.17. The molecular weight excluding hydrogens is 144 g/mol. The number of hydrogen-bond acceptors (Lipinski definition) is 0. The lowest BCUT2D eigenvalue weighted by Gasteiger charge is -2.64. The van der Waals surface area contributed by atoms with Gasteiger partial charge in [-0.05, 0) is 54.8 Å². The zero-order chi connectivity index (χ0) is 8.34. The third-order valence-corrected chi connectivity index (χ3v) is 5.38. The molecule has 4 aliphatic carbocycles.